The number of benzene rings is 2. The Morgan fingerprint density at radius 3 is 2.19 bits per heavy atom. The predicted molar refractivity (Wildman–Crippen MR) is 114 cm³/mol. The summed E-state index contributed by atoms with van der Waals surface area (Å²) in [5.41, 5.74) is 2.38. The molecule has 2 aliphatic rings. The molecule has 3 amide bonds. The summed E-state index contributed by atoms with van der Waals surface area (Å²) in [6, 6.07) is 16.9. The molecule has 0 radical (unpaired) electrons. The van der Waals surface area contributed by atoms with Crippen LogP contribution in [-0.4, -0.2) is 41.7 Å². The van der Waals surface area contributed by atoms with Gasteiger partial charge < -0.3 is 10.1 Å². The average Bonchev–Trinajstić information content (AvgIpc) is 3.04. The Morgan fingerprint density at radius 2 is 1.52 bits per heavy atom. The standard InChI is InChI=1S/C24H22N2O5/c27-21(25-20-13-7-6-10-17(20)16-8-2-1-3-9-16)15-31-22(28)14-26-23(29)18-11-4-5-12-19(18)24(26)30/h1-10,13,18-19H,11-12,14-15H2,(H,25,27)/t18-,19-/m1/s1. The average molecular weight is 418 g/mol. The number of rotatable bonds is 6. The maximum absolute atomic E-state index is 12.4. The van der Waals surface area contributed by atoms with Crippen molar-refractivity contribution in [3.63, 3.8) is 0 Å². The van der Waals surface area contributed by atoms with Crippen LogP contribution in [0.5, 0.6) is 0 Å². The summed E-state index contributed by atoms with van der Waals surface area (Å²) in [5.74, 6) is -2.80. The molecule has 1 saturated heterocycles. The van der Waals surface area contributed by atoms with Gasteiger partial charge in [-0.3, -0.25) is 24.1 Å². The van der Waals surface area contributed by atoms with Gasteiger partial charge in [0.1, 0.15) is 6.54 Å². The van der Waals surface area contributed by atoms with E-state index in [1.54, 1.807) is 12.1 Å². The molecule has 0 aromatic heterocycles. The Morgan fingerprint density at radius 1 is 0.903 bits per heavy atom. The summed E-state index contributed by atoms with van der Waals surface area (Å²) >= 11 is 0. The van der Waals surface area contributed by atoms with Gasteiger partial charge in [-0.2, -0.15) is 0 Å². The highest BCUT2D eigenvalue weighted by atomic mass is 16.5. The Balaban J connectivity index is 1.32. The number of hydrogen-bond donors (Lipinski definition) is 1. The Kier molecular flexibility index (Phi) is 5.93. The lowest BCUT2D eigenvalue weighted by atomic mass is 9.85. The van der Waals surface area contributed by atoms with Crippen molar-refractivity contribution in [3.8, 4) is 11.1 Å². The van der Waals surface area contributed by atoms with E-state index in [1.807, 2.05) is 54.6 Å². The van der Waals surface area contributed by atoms with E-state index in [9.17, 15) is 19.2 Å². The van der Waals surface area contributed by atoms with E-state index >= 15 is 0 Å². The molecule has 1 aliphatic carbocycles. The molecule has 1 aliphatic heterocycles. The van der Waals surface area contributed by atoms with Crippen LogP contribution in [-0.2, 0) is 23.9 Å². The second-order valence-electron chi connectivity index (χ2n) is 7.54. The lowest BCUT2D eigenvalue weighted by Gasteiger charge is -2.14. The molecule has 0 bridgehead atoms. The molecule has 0 spiro atoms. The van der Waals surface area contributed by atoms with Crippen LogP contribution in [0.15, 0.2) is 66.7 Å². The molecule has 7 nitrogen and oxygen atoms in total. The molecule has 1 heterocycles. The van der Waals surface area contributed by atoms with Gasteiger partial charge in [0.15, 0.2) is 6.61 Å². The zero-order valence-corrected chi connectivity index (χ0v) is 16.8. The summed E-state index contributed by atoms with van der Waals surface area (Å²) in [4.78, 5) is 50.3. The van der Waals surface area contributed by atoms with Gasteiger partial charge in [-0.05, 0) is 24.5 Å². The highest BCUT2D eigenvalue weighted by Crippen LogP contribution is 2.34. The number of anilines is 1. The predicted octanol–water partition coefficient (Wildman–Crippen LogP) is 2.79. The van der Waals surface area contributed by atoms with Gasteiger partial charge in [0.05, 0.1) is 11.8 Å². The normalized spacial score (nSPS) is 19.8. The van der Waals surface area contributed by atoms with Crippen LogP contribution in [0.1, 0.15) is 12.8 Å². The number of nitrogens with one attached hydrogen (secondary N) is 1. The number of ether oxygens (including phenoxy) is 1. The third kappa shape index (κ3) is 4.40. The Labute approximate surface area is 179 Å². The first-order chi connectivity index (χ1) is 15.0. The molecule has 2 atom stereocenters. The topological polar surface area (TPSA) is 92.8 Å². The highest BCUT2D eigenvalue weighted by molar-refractivity contribution is 6.07. The number of imide groups is 1. The molecule has 158 valence electrons. The summed E-state index contributed by atoms with van der Waals surface area (Å²) < 4.78 is 5.02. The number of esters is 1. The second kappa shape index (κ2) is 8.95. The molecule has 2 aromatic carbocycles. The van der Waals surface area contributed by atoms with Crippen LogP contribution in [0.2, 0.25) is 0 Å². The number of likely N-dealkylation sites (tertiary alicyclic amines) is 1. The molecule has 2 aromatic rings. The van der Waals surface area contributed by atoms with Crippen LogP contribution >= 0.6 is 0 Å². The summed E-state index contributed by atoms with van der Waals surface area (Å²) in [7, 11) is 0. The smallest absolute Gasteiger partial charge is 0.326 e. The van der Waals surface area contributed by atoms with Gasteiger partial charge >= 0.3 is 5.97 Å². The molecule has 0 saturated carbocycles. The lowest BCUT2D eigenvalue weighted by Crippen LogP contribution is -2.37. The monoisotopic (exact) mass is 418 g/mol. The van der Waals surface area contributed by atoms with Gasteiger partial charge in [0.25, 0.3) is 5.91 Å². The SMILES string of the molecule is O=C(COC(=O)CN1C(=O)[C@@H]2CC=CC[C@H]2C1=O)Nc1ccccc1-c1ccccc1. The molecular weight excluding hydrogens is 396 g/mol. The van der Waals surface area contributed by atoms with Crippen molar-refractivity contribution in [2.24, 2.45) is 11.8 Å². The minimum absolute atomic E-state index is 0.350. The van der Waals surface area contributed by atoms with Gasteiger partial charge in [-0.1, -0.05) is 60.7 Å². The van der Waals surface area contributed by atoms with Crippen molar-refractivity contribution < 1.29 is 23.9 Å². The van der Waals surface area contributed by atoms with Crippen molar-refractivity contribution >= 4 is 29.4 Å². The van der Waals surface area contributed by atoms with Crippen molar-refractivity contribution in [2.75, 3.05) is 18.5 Å². The fourth-order valence-electron chi connectivity index (χ4n) is 3.99. The van der Waals surface area contributed by atoms with Gasteiger partial charge in [-0.15, -0.1) is 0 Å². The van der Waals surface area contributed by atoms with Crippen molar-refractivity contribution in [2.45, 2.75) is 12.8 Å². The number of nitrogens with zero attached hydrogens (tertiary/aromatic N) is 1. The van der Waals surface area contributed by atoms with E-state index in [-0.39, 0.29) is 11.8 Å². The number of amides is 3. The Hall–Kier alpha value is -3.74. The highest BCUT2D eigenvalue weighted by Gasteiger charge is 2.47. The fourth-order valence-corrected chi connectivity index (χ4v) is 3.99. The first-order valence-corrected chi connectivity index (χ1v) is 10.1. The minimum atomic E-state index is -0.792. The summed E-state index contributed by atoms with van der Waals surface area (Å²) in [6.45, 7) is -0.981. The molecule has 7 heteroatoms. The first-order valence-electron chi connectivity index (χ1n) is 10.1. The van der Waals surface area contributed by atoms with Crippen LogP contribution < -0.4 is 5.32 Å². The maximum atomic E-state index is 12.4. The molecule has 31 heavy (non-hydrogen) atoms. The zero-order chi connectivity index (χ0) is 21.8. The Bertz CT molecular complexity index is 1020. The fraction of sp³-hybridized carbons (Fsp3) is 0.250. The van der Waals surface area contributed by atoms with E-state index in [1.165, 1.54) is 0 Å². The minimum Gasteiger partial charge on any atom is -0.454 e. The largest absolute Gasteiger partial charge is 0.454 e. The van der Waals surface area contributed by atoms with E-state index in [0.29, 0.717) is 18.5 Å². The second-order valence-corrected chi connectivity index (χ2v) is 7.54. The molecule has 0 unspecified atom stereocenters. The van der Waals surface area contributed by atoms with Crippen LogP contribution in [0.25, 0.3) is 11.1 Å². The van der Waals surface area contributed by atoms with E-state index in [0.717, 1.165) is 16.0 Å². The number of carbonyl (C=O) groups is 4. The number of allylic oxidation sites excluding steroid dienone is 2. The van der Waals surface area contributed by atoms with Crippen molar-refractivity contribution in [3.05, 3.63) is 66.7 Å². The van der Waals surface area contributed by atoms with Crippen LogP contribution in [0.4, 0.5) is 5.69 Å². The van der Waals surface area contributed by atoms with Crippen molar-refractivity contribution in [1.29, 1.82) is 0 Å². The molecule has 1 fully saturated rings. The third-order valence-electron chi connectivity index (χ3n) is 5.54. The summed E-state index contributed by atoms with van der Waals surface area (Å²) in [5, 5.41) is 2.74. The van der Waals surface area contributed by atoms with E-state index < -0.39 is 36.9 Å². The number of hydrogen-bond acceptors (Lipinski definition) is 5. The van der Waals surface area contributed by atoms with E-state index in [4.69, 9.17) is 4.74 Å². The van der Waals surface area contributed by atoms with Gasteiger partial charge in [-0.25, -0.2) is 0 Å². The van der Waals surface area contributed by atoms with E-state index in [2.05, 4.69) is 5.32 Å². The van der Waals surface area contributed by atoms with Gasteiger partial charge in [0, 0.05) is 11.3 Å². The first kappa shape index (κ1) is 20.5. The molecular formula is C24H22N2O5. The van der Waals surface area contributed by atoms with Gasteiger partial charge in [0.2, 0.25) is 11.8 Å². The number of para-hydroxylation sites is 1. The maximum Gasteiger partial charge on any atom is 0.326 e. The molecule has 1 N–H and O–H groups in total. The number of carbonyl (C=O) groups excluding carboxylic acids is 4. The number of fused-ring (bicyclic) bond motifs is 1. The summed E-state index contributed by atoms with van der Waals surface area (Å²) in [6.07, 6.45) is 4.77. The molecule has 4 rings (SSSR count). The zero-order valence-electron chi connectivity index (χ0n) is 16.8. The third-order valence-corrected chi connectivity index (χ3v) is 5.54. The van der Waals surface area contributed by atoms with Crippen LogP contribution in [0.3, 0.4) is 0 Å². The van der Waals surface area contributed by atoms with Crippen LogP contribution in [0, 0.1) is 11.8 Å². The van der Waals surface area contributed by atoms with Crippen molar-refractivity contribution in [1.82, 2.24) is 4.90 Å². The quantitative estimate of drug-likeness (QED) is 0.442. The lowest BCUT2D eigenvalue weighted by molar-refractivity contribution is -0.154.